The molecule has 1 heterocycles. The quantitative estimate of drug-likeness (QED) is 0.703. The van der Waals surface area contributed by atoms with Gasteiger partial charge in [0, 0.05) is 26.2 Å². The highest BCUT2D eigenvalue weighted by atomic mass is 16.4. The summed E-state index contributed by atoms with van der Waals surface area (Å²) in [6.45, 7) is 0.802. The van der Waals surface area contributed by atoms with E-state index in [1.54, 1.807) is 18.2 Å². The highest BCUT2D eigenvalue weighted by molar-refractivity contribution is 5.92. The molecule has 1 aromatic carbocycles. The number of benzene rings is 1. The average molecular weight is 278 g/mol. The van der Waals surface area contributed by atoms with Crippen LogP contribution in [0.4, 0.5) is 0 Å². The number of hydrogen-bond donors (Lipinski definition) is 3. The van der Waals surface area contributed by atoms with Gasteiger partial charge in [0.25, 0.3) is 0 Å². The Hall–Kier alpha value is -1.92. The molecular formula is C14H18N2O4. The molecule has 108 valence electrons. The SMILES string of the molecule is O=C(O)c1ccc2c(c1)nc(CCCO)n2CCCO. The van der Waals surface area contributed by atoms with Gasteiger partial charge in [-0.25, -0.2) is 9.78 Å². The summed E-state index contributed by atoms with van der Waals surface area (Å²) in [7, 11) is 0. The Bertz CT molecular complexity index is 606. The van der Waals surface area contributed by atoms with Crippen LogP contribution in [0.2, 0.25) is 0 Å². The number of carboxylic acid groups (broad SMARTS) is 1. The Morgan fingerprint density at radius 2 is 1.95 bits per heavy atom. The lowest BCUT2D eigenvalue weighted by Crippen LogP contribution is -2.06. The van der Waals surface area contributed by atoms with E-state index >= 15 is 0 Å². The fourth-order valence-electron chi connectivity index (χ4n) is 2.22. The summed E-state index contributed by atoms with van der Waals surface area (Å²) in [6.07, 6.45) is 1.84. The van der Waals surface area contributed by atoms with Gasteiger partial charge in [-0.1, -0.05) is 0 Å². The minimum absolute atomic E-state index is 0.0869. The molecule has 0 amide bonds. The molecule has 0 radical (unpaired) electrons. The zero-order valence-electron chi connectivity index (χ0n) is 11.1. The van der Waals surface area contributed by atoms with Crippen molar-refractivity contribution in [3.8, 4) is 0 Å². The molecular weight excluding hydrogens is 260 g/mol. The van der Waals surface area contributed by atoms with Crippen LogP contribution in [0.15, 0.2) is 18.2 Å². The molecule has 0 aliphatic heterocycles. The fraction of sp³-hybridized carbons (Fsp3) is 0.429. The maximum Gasteiger partial charge on any atom is 0.335 e. The lowest BCUT2D eigenvalue weighted by Gasteiger charge is -2.07. The van der Waals surface area contributed by atoms with E-state index in [1.807, 2.05) is 4.57 Å². The first kappa shape index (κ1) is 14.5. The van der Waals surface area contributed by atoms with Gasteiger partial charge in [0.1, 0.15) is 5.82 Å². The van der Waals surface area contributed by atoms with E-state index in [1.165, 1.54) is 0 Å². The maximum atomic E-state index is 11.0. The Morgan fingerprint density at radius 1 is 1.20 bits per heavy atom. The summed E-state index contributed by atoms with van der Waals surface area (Å²) in [4.78, 5) is 15.4. The van der Waals surface area contributed by atoms with Crippen molar-refractivity contribution in [1.29, 1.82) is 0 Å². The Balaban J connectivity index is 2.44. The normalized spacial score (nSPS) is 11.1. The highest BCUT2D eigenvalue weighted by Crippen LogP contribution is 2.19. The number of fused-ring (bicyclic) bond motifs is 1. The molecule has 3 N–H and O–H groups in total. The van der Waals surface area contributed by atoms with Crippen molar-refractivity contribution < 1.29 is 20.1 Å². The molecule has 0 unspecified atom stereocenters. The average Bonchev–Trinajstić information content (AvgIpc) is 2.79. The van der Waals surface area contributed by atoms with Crippen molar-refractivity contribution in [2.75, 3.05) is 13.2 Å². The smallest absolute Gasteiger partial charge is 0.335 e. The van der Waals surface area contributed by atoms with Crippen LogP contribution in [0.25, 0.3) is 11.0 Å². The van der Waals surface area contributed by atoms with Crippen LogP contribution >= 0.6 is 0 Å². The summed E-state index contributed by atoms with van der Waals surface area (Å²) in [5, 5.41) is 26.9. The van der Waals surface area contributed by atoms with Crippen molar-refractivity contribution in [2.24, 2.45) is 0 Å². The number of aliphatic hydroxyl groups is 2. The first-order chi connectivity index (χ1) is 9.67. The standard InChI is InChI=1S/C14H18N2O4/c17-7-1-3-13-15-11-9-10(14(19)20)4-5-12(11)16(13)6-2-8-18/h4-5,9,17-18H,1-3,6-8H2,(H,19,20). The number of rotatable bonds is 7. The van der Waals surface area contributed by atoms with E-state index in [0.717, 1.165) is 11.3 Å². The third-order valence-electron chi connectivity index (χ3n) is 3.17. The van der Waals surface area contributed by atoms with Gasteiger partial charge in [-0.2, -0.15) is 0 Å². The number of imidazole rings is 1. The number of aromatic carboxylic acids is 1. The summed E-state index contributed by atoms with van der Waals surface area (Å²) < 4.78 is 1.98. The number of carbonyl (C=O) groups is 1. The highest BCUT2D eigenvalue weighted by Gasteiger charge is 2.12. The second-order valence-corrected chi connectivity index (χ2v) is 4.59. The van der Waals surface area contributed by atoms with Gasteiger partial charge in [-0.3, -0.25) is 0 Å². The van der Waals surface area contributed by atoms with Crippen molar-refractivity contribution in [3.63, 3.8) is 0 Å². The Kier molecular flexibility index (Phi) is 4.70. The summed E-state index contributed by atoms with van der Waals surface area (Å²) in [5.41, 5.74) is 1.70. The topological polar surface area (TPSA) is 95.6 Å². The van der Waals surface area contributed by atoms with Gasteiger partial charge in [0.15, 0.2) is 0 Å². The maximum absolute atomic E-state index is 11.0. The zero-order valence-corrected chi connectivity index (χ0v) is 11.1. The summed E-state index contributed by atoms with van der Waals surface area (Å²) in [5.74, 6) is -0.168. The van der Waals surface area contributed by atoms with Gasteiger partial charge in [0.2, 0.25) is 0 Å². The third kappa shape index (κ3) is 2.97. The molecule has 6 heteroatoms. The van der Waals surface area contributed by atoms with Crippen LogP contribution in [0.1, 0.15) is 29.0 Å². The monoisotopic (exact) mass is 278 g/mol. The number of carboxylic acids is 1. The Morgan fingerprint density at radius 3 is 2.60 bits per heavy atom. The molecule has 0 saturated carbocycles. The van der Waals surface area contributed by atoms with Crippen LogP contribution < -0.4 is 0 Å². The van der Waals surface area contributed by atoms with E-state index in [9.17, 15) is 4.79 Å². The lowest BCUT2D eigenvalue weighted by molar-refractivity contribution is 0.0697. The number of hydrogen-bond acceptors (Lipinski definition) is 4. The number of aliphatic hydroxyl groups excluding tert-OH is 2. The number of aryl methyl sites for hydroxylation is 2. The molecule has 0 bridgehead atoms. The molecule has 6 nitrogen and oxygen atoms in total. The van der Waals surface area contributed by atoms with E-state index in [2.05, 4.69) is 4.98 Å². The fourth-order valence-corrected chi connectivity index (χ4v) is 2.22. The van der Waals surface area contributed by atoms with Gasteiger partial charge in [-0.15, -0.1) is 0 Å². The van der Waals surface area contributed by atoms with Gasteiger partial charge in [0.05, 0.1) is 16.6 Å². The first-order valence-corrected chi connectivity index (χ1v) is 6.61. The van der Waals surface area contributed by atoms with E-state index < -0.39 is 5.97 Å². The van der Waals surface area contributed by atoms with Crippen molar-refractivity contribution in [3.05, 3.63) is 29.6 Å². The molecule has 1 aromatic heterocycles. The van der Waals surface area contributed by atoms with E-state index in [4.69, 9.17) is 15.3 Å². The van der Waals surface area contributed by atoms with Crippen molar-refractivity contribution in [1.82, 2.24) is 9.55 Å². The Labute approximate surface area is 116 Å². The first-order valence-electron chi connectivity index (χ1n) is 6.61. The lowest BCUT2D eigenvalue weighted by atomic mass is 10.2. The van der Waals surface area contributed by atoms with Crippen molar-refractivity contribution >= 4 is 17.0 Å². The van der Waals surface area contributed by atoms with Crippen molar-refractivity contribution in [2.45, 2.75) is 25.8 Å². The van der Waals surface area contributed by atoms with Gasteiger partial charge < -0.3 is 19.9 Å². The van der Waals surface area contributed by atoms with Gasteiger partial charge in [-0.05, 0) is 31.0 Å². The van der Waals surface area contributed by atoms with E-state index in [-0.39, 0.29) is 18.8 Å². The minimum Gasteiger partial charge on any atom is -0.478 e. The number of aromatic nitrogens is 2. The third-order valence-corrected chi connectivity index (χ3v) is 3.17. The summed E-state index contributed by atoms with van der Waals surface area (Å²) >= 11 is 0. The summed E-state index contributed by atoms with van der Waals surface area (Å²) in [6, 6.07) is 4.85. The molecule has 0 atom stereocenters. The van der Waals surface area contributed by atoms with Crippen LogP contribution in [0.3, 0.4) is 0 Å². The van der Waals surface area contributed by atoms with Crippen LogP contribution in [0.5, 0.6) is 0 Å². The molecule has 2 rings (SSSR count). The minimum atomic E-state index is -0.978. The largest absolute Gasteiger partial charge is 0.478 e. The second kappa shape index (κ2) is 6.49. The predicted octanol–water partition coefficient (Wildman–Crippen LogP) is 1.04. The zero-order chi connectivity index (χ0) is 14.5. The van der Waals surface area contributed by atoms with Gasteiger partial charge >= 0.3 is 5.97 Å². The van der Waals surface area contributed by atoms with Crippen LogP contribution in [-0.4, -0.2) is 44.1 Å². The molecule has 20 heavy (non-hydrogen) atoms. The van der Waals surface area contributed by atoms with Crippen LogP contribution in [0, 0.1) is 0 Å². The predicted molar refractivity (Wildman–Crippen MR) is 73.8 cm³/mol. The molecule has 0 saturated heterocycles. The molecule has 0 fully saturated rings. The molecule has 2 aromatic rings. The van der Waals surface area contributed by atoms with Crippen LogP contribution in [-0.2, 0) is 13.0 Å². The number of nitrogens with zero attached hydrogens (tertiary/aromatic N) is 2. The molecule has 0 aliphatic carbocycles. The molecule has 0 spiro atoms. The second-order valence-electron chi connectivity index (χ2n) is 4.59. The van der Waals surface area contributed by atoms with E-state index in [0.29, 0.717) is 31.3 Å². The molecule has 0 aliphatic rings.